The van der Waals surface area contributed by atoms with Gasteiger partial charge in [-0.05, 0) is 29.5 Å². The molecular formula is C18H24N4O. The Labute approximate surface area is 137 Å². The third-order valence-corrected chi connectivity index (χ3v) is 4.41. The zero-order valence-corrected chi connectivity index (χ0v) is 14.3. The molecule has 5 heteroatoms. The number of carbonyl (C=O) groups excluding carboxylic acids is 1. The highest BCUT2D eigenvalue weighted by Crippen LogP contribution is 2.22. The van der Waals surface area contributed by atoms with Crippen LogP contribution in [0.15, 0.2) is 24.3 Å². The minimum atomic E-state index is 0.0146. The van der Waals surface area contributed by atoms with E-state index in [1.165, 1.54) is 5.56 Å². The molecular weight excluding hydrogens is 288 g/mol. The van der Waals surface area contributed by atoms with Gasteiger partial charge in [0, 0.05) is 25.6 Å². The van der Waals surface area contributed by atoms with Crippen molar-refractivity contribution in [1.29, 1.82) is 0 Å². The third kappa shape index (κ3) is 3.14. The van der Waals surface area contributed by atoms with Crippen molar-refractivity contribution in [3.63, 3.8) is 0 Å². The molecule has 2 heterocycles. The summed E-state index contributed by atoms with van der Waals surface area (Å²) in [6.45, 7) is 7.96. The van der Waals surface area contributed by atoms with Crippen LogP contribution in [0.3, 0.4) is 0 Å². The largest absolute Gasteiger partial charge is 0.334 e. The molecule has 1 amide bonds. The minimum absolute atomic E-state index is 0.0146. The highest BCUT2D eigenvalue weighted by Gasteiger charge is 2.21. The van der Waals surface area contributed by atoms with E-state index in [0.717, 1.165) is 31.0 Å². The topological polar surface area (TPSA) is 51.0 Å². The van der Waals surface area contributed by atoms with E-state index < -0.39 is 0 Å². The van der Waals surface area contributed by atoms with Crippen molar-refractivity contribution < 1.29 is 4.79 Å². The number of carbonyl (C=O) groups is 1. The van der Waals surface area contributed by atoms with Gasteiger partial charge >= 0.3 is 0 Å². The van der Waals surface area contributed by atoms with Crippen molar-refractivity contribution in [2.75, 3.05) is 7.05 Å². The molecule has 0 spiro atoms. The molecule has 0 bridgehead atoms. The van der Waals surface area contributed by atoms with Crippen LogP contribution in [-0.2, 0) is 24.9 Å². The summed E-state index contributed by atoms with van der Waals surface area (Å²) in [6, 6.07) is 7.90. The van der Waals surface area contributed by atoms with Crippen LogP contribution in [0.2, 0.25) is 0 Å². The Hall–Kier alpha value is -2.17. The Kier molecular flexibility index (Phi) is 3.96. The normalized spacial score (nSPS) is 13.9. The molecule has 1 aliphatic heterocycles. The van der Waals surface area contributed by atoms with E-state index in [1.54, 1.807) is 4.90 Å². The lowest BCUT2D eigenvalue weighted by molar-refractivity contribution is 0.0780. The van der Waals surface area contributed by atoms with Crippen LogP contribution in [0, 0.1) is 0 Å². The summed E-state index contributed by atoms with van der Waals surface area (Å²) >= 11 is 0. The number of aromatic nitrogens is 3. The fraction of sp³-hybridized carbons (Fsp3) is 0.500. The van der Waals surface area contributed by atoms with E-state index in [4.69, 9.17) is 0 Å². The maximum Gasteiger partial charge on any atom is 0.254 e. The number of benzene rings is 1. The summed E-state index contributed by atoms with van der Waals surface area (Å²) in [6.07, 6.45) is 2.10. The molecule has 3 rings (SSSR count). The Morgan fingerprint density at radius 3 is 2.57 bits per heavy atom. The molecule has 0 atom stereocenters. The molecule has 1 aliphatic rings. The van der Waals surface area contributed by atoms with E-state index in [2.05, 4.69) is 35.5 Å². The number of fused-ring (bicyclic) bond motifs is 1. The molecule has 5 nitrogen and oxygen atoms in total. The summed E-state index contributed by atoms with van der Waals surface area (Å²) in [5.41, 5.74) is 2.03. The monoisotopic (exact) mass is 312 g/mol. The van der Waals surface area contributed by atoms with Crippen LogP contribution >= 0.6 is 0 Å². The van der Waals surface area contributed by atoms with Gasteiger partial charge in [0.2, 0.25) is 0 Å². The fourth-order valence-corrected chi connectivity index (χ4v) is 2.94. The molecule has 1 aromatic carbocycles. The van der Waals surface area contributed by atoms with Crippen molar-refractivity contribution in [3.05, 3.63) is 47.0 Å². The first kappa shape index (κ1) is 15.7. The van der Waals surface area contributed by atoms with Crippen LogP contribution in [0.25, 0.3) is 0 Å². The van der Waals surface area contributed by atoms with E-state index in [0.29, 0.717) is 12.1 Å². The van der Waals surface area contributed by atoms with Gasteiger partial charge in [-0.25, -0.2) is 0 Å². The lowest BCUT2D eigenvalue weighted by Gasteiger charge is -2.20. The fourth-order valence-electron chi connectivity index (χ4n) is 2.94. The first-order chi connectivity index (χ1) is 10.9. The zero-order valence-electron chi connectivity index (χ0n) is 14.3. The van der Waals surface area contributed by atoms with Crippen LogP contribution < -0.4 is 0 Å². The van der Waals surface area contributed by atoms with E-state index in [9.17, 15) is 4.79 Å². The second-order valence-electron chi connectivity index (χ2n) is 7.28. The molecule has 0 aliphatic carbocycles. The Balaban J connectivity index is 1.72. The molecule has 2 aromatic rings. The van der Waals surface area contributed by atoms with E-state index in [-0.39, 0.29) is 11.3 Å². The van der Waals surface area contributed by atoms with Crippen LogP contribution in [0.5, 0.6) is 0 Å². The predicted molar refractivity (Wildman–Crippen MR) is 89.3 cm³/mol. The Bertz CT molecular complexity index is 710. The molecule has 0 radical (unpaired) electrons. The van der Waals surface area contributed by atoms with Gasteiger partial charge in [-0.2, -0.15) is 0 Å². The summed E-state index contributed by atoms with van der Waals surface area (Å²) in [4.78, 5) is 14.3. The quantitative estimate of drug-likeness (QED) is 0.875. The maximum absolute atomic E-state index is 12.6. The van der Waals surface area contributed by atoms with Gasteiger partial charge in [-0.15, -0.1) is 10.2 Å². The van der Waals surface area contributed by atoms with Gasteiger partial charge < -0.3 is 9.47 Å². The number of nitrogens with zero attached hydrogens (tertiary/aromatic N) is 4. The first-order valence-electron chi connectivity index (χ1n) is 8.13. The second-order valence-corrected chi connectivity index (χ2v) is 7.28. The van der Waals surface area contributed by atoms with Gasteiger partial charge in [0.15, 0.2) is 5.82 Å². The summed E-state index contributed by atoms with van der Waals surface area (Å²) in [5.74, 6) is 1.93. The highest BCUT2D eigenvalue weighted by molar-refractivity contribution is 5.94. The average molecular weight is 312 g/mol. The molecule has 23 heavy (non-hydrogen) atoms. The summed E-state index contributed by atoms with van der Waals surface area (Å²) < 4.78 is 2.13. The molecule has 0 saturated carbocycles. The molecule has 122 valence electrons. The molecule has 1 aromatic heterocycles. The third-order valence-electron chi connectivity index (χ3n) is 4.41. The molecule has 0 saturated heterocycles. The smallest absolute Gasteiger partial charge is 0.254 e. The number of hydrogen-bond acceptors (Lipinski definition) is 3. The van der Waals surface area contributed by atoms with Gasteiger partial charge in [-0.1, -0.05) is 32.9 Å². The standard InChI is InChI=1S/C18H24N4O/c1-18(2,3)14-9-7-13(8-10-14)17(23)21(4)12-16-20-19-15-6-5-11-22(15)16/h7-10H,5-6,11-12H2,1-4H3. The minimum Gasteiger partial charge on any atom is -0.334 e. The lowest BCUT2D eigenvalue weighted by Crippen LogP contribution is -2.27. The lowest BCUT2D eigenvalue weighted by atomic mass is 9.86. The van der Waals surface area contributed by atoms with Crippen LogP contribution in [0.1, 0.15) is 54.8 Å². The van der Waals surface area contributed by atoms with Crippen molar-refractivity contribution in [2.45, 2.75) is 52.1 Å². The van der Waals surface area contributed by atoms with Gasteiger partial charge in [0.1, 0.15) is 5.82 Å². The van der Waals surface area contributed by atoms with Crippen LogP contribution in [0.4, 0.5) is 0 Å². The zero-order chi connectivity index (χ0) is 16.6. The highest BCUT2D eigenvalue weighted by atomic mass is 16.2. The maximum atomic E-state index is 12.6. The van der Waals surface area contributed by atoms with Gasteiger partial charge in [0.05, 0.1) is 6.54 Å². The Morgan fingerprint density at radius 1 is 1.22 bits per heavy atom. The van der Waals surface area contributed by atoms with Crippen molar-refractivity contribution >= 4 is 5.91 Å². The predicted octanol–water partition coefficient (Wildman–Crippen LogP) is 2.79. The van der Waals surface area contributed by atoms with Crippen molar-refractivity contribution in [3.8, 4) is 0 Å². The number of rotatable bonds is 3. The summed E-state index contributed by atoms with van der Waals surface area (Å²) in [5, 5.41) is 8.41. The van der Waals surface area contributed by atoms with Gasteiger partial charge in [-0.3, -0.25) is 4.79 Å². The molecule has 0 fully saturated rings. The average Bonchev–Trinajstić information content (AvgIpc) is 3.11. The SMILES string of the molecule is CN(Cc1nnc2n1CCC2)C(=O)c1ccc(C(C)(C)C)cc1. The number of hydrogen-bond donors (Lipinski definition) is 0. The van der Waals surface area contributed by atoms with Crippen LogP contribution in [-0.4, -0.2) is 32.6 Å². The molecule has 0 N–H and O–H groups in total. The van der Waals surface area contributed by atoms with E-state index >= 15 is 0 Å². The summed E-state index contributed by atoms with van der Waals surface area (Å²) in [7, 11) is 1.82. The van der Waals surface area contributed by atoms with Crippen molar-refractivity contribution in [1.82, 2.24) is 19.7 Å². The van der Waals surface area contributed by atoms with Crippen molar-refractivity contribution in [2.24, 2.45) is 0 Å². The first-order valence-corrected chi connectivity index (χ1v) is 8.13. The second kappa shape index (κ2) is 5.80. The number of amides is 1. The van der Waals surface area contributed by atoms with Gasteiger partial charge in [0.25, 0.3) is 5.91 Å². The number of aryl methyl sites for hydroxylation is 1. The van der Waals surface area contributed by atoms with E-state index in [1.807, 2.05) is 31.3 Å². The molecule has 0 unspecified atom stereocenters. The Morgan fingerprint density at radius 2 is 1.91 bits per heavy atom.